The Morgan fingerprint density at radius 2 is 1.96 bits per heavy atom. The van der Waals surface area contributed by atoms with Gasteiger partial charge in [0, 0.05) is 32.0 Å². The molecule has 0 aliphatic carbocycles. The summed E-state index contributed by atoms with van der Waals surface area (Å²) >= 11 is 0. The Kier molecular flexibility index (Phi) is 6.47. The van der Waals surface area contributed by atoms with Crippen LogP contribution in [-0.2, 0) is 10.2 Å². The molecule has 0 unspecified atom stereocenters. The minimum atomic E-state index is -0.217. The van der Waals surface area contributed by atoms with Crippen LogP contribution in [0.15, 0.2) is 36.7 Å². The minimum Gasteiger partial charge on any atom is -0.385 e. The zero-order chi connectivity index (χ0) is 18.3. The van der Waals surface area contributed by atoms with Crippen LogP contribution in [0.3, 0.4) is 0 Å². The monoisotopic (exact) mass is 342 g/mol. The van der Waals surface area contributed by atoms with Crippen LogP contribution in [0.5, 0.6) is 0 Å². The molecule has 0 saturated carbocycles. The number of amides is 1. The number of aromatic nitrogens is 2. The van der Waals surface area contributed by atoms with Gasteiger partial charge in [-0.1, -0.05) is 39.0 Å². The second-order valence-corrected chi connectivity index (χ2v) is 6.81. The molecule has 1 aromatic carbocycles. The van der Waals surface area contributed by atoms with Crippen molar-refractivity contribution >= 4 is 17.4 Å². The fraction of sp³-hybridized carbons (Fsp3) is 0.421. The van der Waals surface area contributed by atoms with Gasteiger partial charge in [-0.25, -0.2) is 9.97 Å². The number of ether oxygens (including phenoxy) is 1. The number of hydrogen-bond acceptors (Lipinski definition) is 5. The molecule has 0 atom stereocenters. The van der Waals surface area contributed by atoms with Gasteiger partial charge < -0.3 is 15.4 Å². The van der Waals surface area contributed by atoms with Crippen molar-refractivity contribution in [2.75, 3.05) is 25.6 Å². The maximum Gasteiger partial charge on any atom is 0.270 e. The molecule has 2 rings (SSSR count). The highest BCUT2D eigenvalue weighted by atomic mass is 16.5. The van der Waals surface area contributed by atoms with Gasteiger partial charge in [0.05, 0.1) is 0 Å². The van der Waals surface area contributed by atoms with Crippen LogP contribution < -0.4 is 10.6 Å². The molecule has 2 aromatic rings. The van der Waals surface area contributed by atoms with Gasteiger partial charge in [0.2, 0.25) is 0 Å². The predicted molar refractivity (Wildman–Crippen MR) is 99.3 cm³/mol. The molecule has 134 valence electrons. The van der Waals surface area contributed by atoms with E-state index in [2.05, 4.69) is 47.4 Å². The Hall–Kier alpha value is -2.47. The standard InChI is InChI=1S/C19H26N4O2/c1-19(2,3)14-8-5-6-9-15(14)23-17-12-16(21-13-22-17)18(24)20-10-7-11-25-4/h5-6,8-9,12-13H,7,10-11H2,1-4H3,(H,20,24)(H,21,22,23). The fourth-order valence-electron chi connectivity index (χ4n) is 2.44. The first-order valence-electron chi connectivity index (χ1n) is 8.37. The molecule has 1 heterocycles. The molecule has 2 N–H and O–H groups in total. The zero-order valence-corrected chi connectivity index (χ0v) is 15.3. The molecule has 0 fully saturated rings. The van der Waals surface area contributed by atoms with E-state index in [4.69, 9.17) is 4.74 Å². The molecule has 0 bridgehead atoms. The maximum atomic E-state index is 12.2. The summed E-state index contributed by atoms with van der Waals surface area (Å²) in [5.41, 5.74) is 2.49. The summed E-state index contributed by atoms with van der Waals surface area (Å²) in [6.45, 7) is 7.64. The van der Waals surface area contributed by atoms with E-state index in [9.17, 15) is 4.79 Å². The van der Waals surface area contributed by atoms with Crippen molar-refractivity contribution < 1.29 is 9.53 Å². The normalized spacial score (nSPS) is 11.2. The number of carbonyl (C=O) groups is 1. The number of anilines is 2. The third-order valence-corrected chi connectivity index (χ3v) is 3.71. The smallest absolute Gasteiger partial charge is 0.270 e. The topological polar surface area (TPSA) is 76.1 Å². The van der Waals surface area contributed by atoms with Gasteiger partial charge in [0.25, 0.3) is 5.91 Å². The molecular formula is C19H26N4O2. The van der Waals surface area contributed by atoms with Gasteiger partial charge in [-0.05, 0) is 23.5 Å². The van der Waals surface area contributed by atoms with Crippen molar-refractivity contribution in [3.63, 3.8) is 0 Å². The summed E-state index contributed by atoms with van der Waals surface area (Å²) in [7, 11) is 1.64. The first-order valence-corrected chi connectivity index (χ1v) is 8.37. The number of benzene rings is 1. The molecule has 6 heteroatoms. The highest BCUT2D eigenvalue weighted by Gasteiger charge is 2.18. The van der Waals surface area contributed by atoms with Crippen LogP contribution in [0.4, 0.5) is 11.5 Å². The number of rotatable bonds is 7. The number of nitrogens with one attached hydrogen (secondary N) is 2. The maximum absolute atomic E-state index is 12.2. The average Bonchev–Trinajstić information content (AvgIpc) is 2.58. The summed E-state index contributed by atoms with van der Waals surface area (Å²) in [6, 6.07) is 9.75. The van der Waals surface area contributed by atoms with Crippen molar-refractivity contribution in [3.8, 4) is 0 Å². The van der Waals surface area contributed by atoms with Crippen LogP contribution in [0.1, 0.15) is 43.2 Å². The zero-order valence-electron chi connectivity index (χ0n) is 15.3. The molecule has 0 aliphatic rings. The van der Waals surface area contributed by atoms with Gasteiger partial charge in [0.15, 0.2) is 0 Å². The van der Waals surface area contributed by atoms with E-state index in [1.807, 2.05) is 18.2 Å². The first kappa shape index (κ1) is 18.9. The minimum absolute atomic E-state index is 0.00181. The van der Waals surface area contributed by atoms with Gasteiger partial charge in [-0.15, -0.1) is 0 Å². The van der Waals surface area contributed by atoms with Crippen molar-refractivity contribution in [1.29, 1.82) is 0 Å². The number of nitrogens with zero attached hydrogens (tertiary/aromatic N) is 2. The number of carbonyl (C=O) groups excluding carboxylic acids is 1. The SMILES string of the molecule is COCCCNC(=O)c1cc(Nc2ccccc2C(C)(C)C)ncn1. The van der Waals surface area contributed by atoms with Gasteiger partial charge in [0.1, 0.15) is 17.8 Å². The van der Waals surface area contributed by atoms with Crippen LogP contribution in [0.2, 0.25) is 0 Å². The summed E-state index contributed by atoms with van der Waals surface area (Å²) in [6.07, 6.45) is 2.16. The highest BCUT2D eigenvalue weighted by Crippen LogP contribution is 2.30. The first-order chi connectivity index (χ1) is 11.9. The second-order valence-electron chi connectivity index (χ2n) is 6.81. The van der Waals surface area contributed by atoms with E-state index in [-0.39, 0.29) is 11.3 Å². The lowest BCUT2D eigenvalue weighted by Crippen LogP contribution is -2.26. The van der Waals surface area contributed by atoms with E-state index in [0.29, 0.717) is 24.7 Å². The lowest BCUT2D eigenvalue weighted by Gasteiger charge is -2.23. The van der Waals surface area contributed by atoms with E-state index >= 15 is 0 Å². The summed E-state index contributed by atoms with van der Waals surface area (Å²) in [4.78, 5) is 20.5. The number of methoxy groups -OCH3 is 1. The van der Waals surface area contributed by atoms with Crippen LogP contribution in [-0.4, -0.2) is 36.1 Å². The van der Waals surface area contributed by atoms with Gasteiger partial charge in [-0.3, -0.25) is 4.79 Å². The molecule has 0 aliphatic heterocycles. The molecule has 0 spiro atoms. The molecule has 1 aromatic heterocycles. The van der Waals surface area contributed by atoms with Crippen LogP contribution in [0, 0.1) is 0 Å². The van der Waals surface area contributed by atoms with E-state index in [1.165, 1.54) is 11.9 Å². The van der Waals surface area contributed by atoms with E-state index in [0.717, 1.165) is 12.1 Å². The lowest BCUT2D eigenvalue weighted by molar-refractivity contribution is 0.0943. The van der Waals surface area contributed by atoms with E-state index < -0.39 is 0 Å². The Labute approximate surface area is 149 Å². The second kappa shape index (κ2) is 8.58. The number of hydrogen-bond donors (Lipinski definition) is 2. The highest BCUT2D eigenvalue weighted by molar-refractivity contribution is 5.92. The molecule has 0 saturated heterocycles. The van der Waals surface area contributed by atoms with Crippen molar-refractivity contribution in [2.24, 2.45) is 0 Å². The third-order valence-electron chi connectivity index (χ3n) is 3.71. The fourth-order valence-corrected chi connectivity index (χ4v) is 2.44. The number of para-hydroxylation sites is 1. The largest absolute Gasteiger partial charge is 0.385 e. The van der Waals surface area contributed by atoms with Crippen LogP contribution >= 0.6 is 0 Å². The van der Waals surface area contributed by atoms with Crippen molar-refractivity contribution in [3.05, 3.63) is 47.9 Å². The Morgan fingerprint density at radius 3 is 2.68 bits per heavy atom. The lowest BCUT2D eigenvalue weighted by atomic mass is 9.86. The Balaban J connectivity index is 2.11. The van der Waals surface area contributed by atoms with Crippen molar-refractivity contribution in [1.82, 2.24) is 15.3 Å². The quantitative estimate of drug-likeness (QED) is 0.755. The van der Waals surface area contributed by atoms with E-state index in [1.54, 1.807) is 13.2 Å². The summed E-state index contributed by atoms with van der Waals surface area (Å²) < 4.78 is 4.97. The molecule has 6 nitrogen and oxygen atoms in total. The van der Waals surface area contributed by atoms with Crippen LogP contribution in [0.25, 0.3) is 0 Å². The molecule has 25 heavy (non-hydrogen) atoms. The summed E-state index contributed by atoms with van der Waals surface area (Å²) in [5.74, 6) is 0.374. The summed E-state index contributed by atoms with van der Waals surface area (Å²) in [5, 5.41) is 6.12. The Morgan fingerprint density at radius 1 is 1.20 bits per heavy atom. The molecular weight excluding hydrogens is 316 g/mol. The van der Waals surface area contributed by atoms with Crippen molar-refractivity contribution in [2.45, 2.75) is 32.6 Å². The van der Waals surface area contributed by atoms with Gasteiger partial charge >= 0.3 is 0 Å². The average molecular weight is 342 g/mol. The predicted octanol–water partition coefficient (Wildman–Crippen LogP) is 3.28. The third kappa shape index (κ3) is 5.53. The Bertz CT molecular complexity index is 711. The molecule has 0 radical (unpaired) electrons. The molecule has 1 amide bonds. The van der Waals surface area contributed by atoms with Gasteiger partial charge in [-0.2, -0.15) is 0 Å².